The average molecular weight is 335 g/mol. The summed E-state index contributed by atoms with van der Waals surface area (Å²) in [7, 11) is 0. The largest absolute Gasteiger partial charge is 0.385 e. The van der Waals surface area contributed by atoms with Crippen LogP contribution in [0.5, 0.6) is 0 Å². The summed E-state index contributed by atoms with van der Waals surface area (Å²) in [6.07, 6.45) is 0. The molecule has 5 heteroatoms. The minimum Gasteiger partial charge on any atom is -0.385 e. The average Bonchev–Trinajstić information content (AvgIpc) is 2.62. The third-order valence-corrected chi connectivity index (χ3v) is 4.54. The fourth-order valence-electron chi connectivity index (χ4n) is 3.09. The second-order valence-corrected chi connectivity index (χ2v) is 6.10. The summed E-state index contributed by atoms with van der Waals surface area (Å²) in [6, 6.07) is 19.8. The number of benzene rings is 2. The van der Waals surface area contributed by atoms with E-state index >= 15 is 0 Å². The Balaban J connectivity index is 2.16. The first-order valence-electron chi connectivity index (χ1n) is 8.24. The van der Waals surface area contributed by atoms with Crippen molar-refractivity contribution in [3.8, 4) is 0 Å². The summed E-state index contributed by atoms with van der Waals surface area (Å²) in [5.74, 6) is 0.169. The zero-order valence-electron chi connectivity index (χ0n) is 14.3. The van der Waals surface area contributed by atoms with Gasteiger partial charge in [0.2, 0.25) is 0 Å². The van der Waals surface area contributed by atoms with Crippen LogP contribution in [0.3, 0.4) is 0 Å². The van der Waals surface area contributed by atoms with E-state index in [4.69, 9.17) is 5.73 Å². The summed E-state index contributed by atoms with van der Waals surface area (Å²) in [5.41, 5.74) is 7.07. The quantitative estimate of drug-likeness (QED) is 0.797. The molecule has 2 N–H and O–H groups in total. The lowest BCUT2D eigenvalue weighted by Crippen LogP contribution is -2.43. The molecule has 3 rings (SSSR count). The molecule has 2 unspecified atom stereocenters. The Kier molecular flexibility index (Phi) is 4.57. The van der Waals surface area contributed by atoms with Crippen molar-refractivity contribution in [2.24, 2.45) is 0 Å². The molecule has 5 nitrogen and oxygen atoms in total. The highest BCUT2D eigenvalue weighted by molar-refractivity contribution is 5.32. The Morgan fingerprint density at radius 2 is 1.20 bits per heavy atom. The van der Waals surface area contributed by atoms with Gasteiger partial charge < -0.3 is 5.73 Å². The molecule has 3 aromatic rings. The molecule has 0 amide bonds. The van der Waals surface area contributed by atoms with Gasteiger partial charge in [-0.1, -0.05) is 60.7 Å². The van der Waals surface area contributed by atoms with Crippen LogP contribution in [0.25, 0.3) is 0 Å². The van der Waals surface area contributed by atoms with Gasteiger partial charge in [0.1, 0.15) is 5.82 Å². The highest BCUT2D eigenvalue weighted by Gasteiger charge is 2.19. The second kappa shape index (κ2) is 6.81. The predicted octanol–water partition coefficient (Wildman–Crippen LogP) is 2.81. The summed E-state index contributed by atoms with van der Waals surface area (Å²) >= 11 is 0. The van der Waals surface area contributed by atoms with Crippen LogP contribution in [0.2, 0.25) is 0 Å². The van der Waals surface area contributed by atoms with Gasteiger partial charge in [0, 0.05) is 6.07 Å². The standard InChI is InChI=1S/C20H21N3O2/c1-14(16-9-5-3-6-10-16)22-18(21)13-19(24)23(20(22)25)15(2)17-11-7-4-8-12-17/h3-15H,21H2,1-2H3. The maximum Gasteiger partial charge on any atom is 0.333 e. The minimum atomic E-state index is -0.405. The molecule has 0 aliphatic rings. The summed E-state index contributed by atoms with van der Waals surface area (Å²) in [5, 5.41) is 0. The van der Waals surface area contributed by atoms with E-state index in [1.807, 2.05) is 74.5 Å². The first-order chi connectivity index (χ1) is 12.0. The van der Waals surface area contributed by atoms with Crippen molar-refractivity contribution in [1.82, 2.24) is 9.13 Å². The van der Waals surface area contributed by atoms with E-state index in [0.29, 0.717) is 0 Å². The molecular formula is C20H21N3O2. The van der Waals surface area contributed by atoms with E-state index in [9.17, 15) is 9.59 Å². The van der Waals surface area contributed by atoms with Crippen molar-refractivity contribution >= 4 is 5.82 Å². The highest BCUT2D eigenvalue weighted by atomic mass is 16.2. The van der Waals surface area contributed by atoms with E-state index in [1.54, 1.807) is 0 Å². The Bertz CT molecular complexity index is 975. The Hall–Kier alpha value is -3.08. The first-order valence-corrected chi connectivity index (χ1v) is 8.24. The number of rotatable bonds is 4. The highest BCUT2D eigenvalue weighted by Crippen LogP contribution is 2.19. The lowest BCUT2D eigenvalue weighted by molar-refractivity contribution is 0.508. The van der Waals surface area contributed by atoms with Crippen molar-refractivity contribution in [1.29, 1.82) is 0 Å². The lowest BCUT2D eigenvalue weighted by atomic mass is 10.1. The number of aromatic nitrogens is 2. The van der Waals surface area contributed by atoms with Gasteiger partial charge in [-0.2, -0.15) is 0 Å². The maximum atomic E-state index is 13.1. The van der Waals surface area contributed by atoms with E-state index in [2.05, 4.69) is 0 Å². The number of hydrogen-bond donors (Lipinski definition) is 1. The monoisotopic (exact) mass is 335 g/mol. The molecule has 0 spiro atoms. The van der Waals surface area contributed by atoms with Crippen molar-refractivity contribution in [3.63, 3.8) is 0 Å². The summed E-state index contributed by atoms with van der Waals surface area (Å²) in [6.45, 7) is 3.74. The van der Waals surface area contributed by atoms with E-state index in [1.165, 1.54) is 15.2 Å². The van der Waals surface area contributed by atoms with E-state index in [0.717, 1.165) is 11.1 Å². The molecule has 0 aliphatic carbocycles. The van der Waals surface area contributed by atoms with Gasteiger partial charge in [-0.25, -0.2) is 4.79 Å². The van der Waals surface area contributed by atoms with Crippen molar-refractivity contribution < 1.29 is 0 Å². The van der Waals surface area contributed by atoms with Crippen molar-refractivity contribution in [3.05, 3.63) is 98.7 Å². The summed E-state index contributed by atoms with van der Waals surface area (Å²) < 4.78 is 2.72. The number of nitrogen functional groups attached to an aromatic ring is 1. The van der Waals surface area contributed by atoms with Crippen LogP contribution in [-0.4, -0.2) is 9.13 Å². The third-order valence-electron chi connectivity index (χ3n) is 4.54. The van der Waals surface area contributed by atoms with Crippen LogP contribution in [-0.2, 0) is 0 Å². The van der Waals surface area contributed by atoms with Crippen LogP contribution < -0.4 is 17.0 Å². The van der Waals surface area contributed by atoms with E-state index < -0.39 is 11.2 Å². The number of hydrogen-bond acceptors (Lipinski definition) is 3. The zero-order valence-corrected chi connectivity index (χ0v) is 14.3. The zero-order chi connectivity index (χ0) is 18.0. The molecule has 128 valence electrons. The SMILES string of the molecule is CC(c1ccccc1)n1c(N)cc(=O)n(C(C)c2ccccc2)c1=O. The van der Waals surface area contributed by atoms with Gasteiger partial charge in [-0.15, -0.1) is 0 Å². The Labute approximate surface area is 146 Å². The molecule has 0 aliphatic heterocycles. The Morgan fingerprint density at radius 1 is 0.760 bits per heavy atom. The smallest absolute Gasteiger partial charge is 0.333 e. The van der Waals surface area contributed by atoms with Crippen molar-refractivity contribution in [2.45, 2.75) is 25.9 Å². The van der Waals surface area contributed by atoms with E-state index in [-0.39, 0.29) is 17.9 Å². The Morgan fingerprint density at radius 3 is 1.68 bits per heavy atom. The fourth-order valence-corrected chi connectivity index (χ4v) is 3.09. The van der Waals surface area contributed by atoms with Crippen LogP contribution >= 0.6 is 0 Å². The van der Waals surface area contributed by atoms with Gasteiger partial charge in [0.05, 0.1) is 12.1 Å². The molecule has 1 aromatic heterocycles. The lowest BCUT2D eigenvalue weighted by Gasteiger charge is -2.22. The third kappa shape index (κ3) is 3.13. The topological polar surface area (TPSA) is 70.0 Å². The van der Waals surface area contributed by atoms with Crippen LogP contribution in [0, 0.1) is 0 Å². The van der Waals surface area contributed by atoms with Crippen LogP contribution in [0.4, 0.5) is 5.82 Å². The molecule has 0 bridgehead atoms. The van der Waals surface area contributed by atoms with Gasteiger partial charge in [-0.05, 0) is 25.0 Å². The van der Waals surface area contributed by atoms with Gasteiger partial charge in [0.15, 0.2) is 0 Å². The molecule has 0 radical (unpaired) electrons. The van der Waals surface area contributed by atoms with Crippen LogP contribution in [0.1, 0.15) is 37.1 Å². The molecule has 25 heavy (non-hydrogen) atoms. The molecule has 0 fully saturated rings. The second-order valence-electron chi connectivity index (χ2n) is 6.10. The van der Waals surface area contributed by atoms with Gasteiger partial charge in [0.25, 0.3) is 5.56 Å². The first kappa shape index (κ1) is 16.8. The van der Waals surface area contributed by atoms with Crippen LogP contribution in [0.15, 0.2) is 76.3 Å². The molecule has 0 saturated carbocycles. The maximum absolute atomic E-state index is 13.1. The minimum absolute atomic E-state index is 0.169. The molecule has 2 aromatic carbocycles. The number of nitrogens with two attached hydrogens (primary N) is 1. The molecular weight excluding hydrogens is 314 g/mol. The summed E-state index contributed by atoms with van der Waals surface area (Å²) in [4.78, 5) is 25.5. The fraction of sp³-hybridized carbons (Fsp3) is 0.200. The molecule has 2 atom stereocenters. The molecule has 0 saturated heterocycles. The van der Waals surface area contributed by atoms with Gasteiger partial charge in [-0.3, -0.25) is 13.9 Å². The number of anilines is 1. The van der Waals surface area contributed by atoms with Crippen molar-refractivity contribution in [2.75, 3.05) is 5.73 Å². The molecule has 1 heterocycles. The normalized spacial score (nSPS) is 13.4. The predicted molar refractivity (Wildman–Crippen MR) is 99.9 cm³/mol. The number of nitrogens with zero attached hydrogens (tertiary/aromatic N) is 2. The van der Waals surface area contributed by atoms with Gasteiger partial charge >= 0.3 is 5.69 Å².